The molecule has 1 aromatic carbocycles. The zero-order valence-corrected chi connectivity index (χ0v) is 11.1. The van der Waals surface area contributed by atoms with Crippen molar-refractivity contribution in [1.29, 1.82) is 0 Å². The Balaban J connectivity index is 2.34. The Morgan fingerprint density at radius 2 is 1.94 bits per heavy atom. The smallest absolute Gasteiger partial charge is 0.136 e. The standard InChI is InChI=1S/C14H14ClFN2/c1-3-11-9(2)17-13(18-14(11)15)8-10-6-4-5-7-12(10)16/h4-7H,3,8H2,1-2H3. The molecule has 0 saturated heterocycles. The van der Waals surface area contributed by atoms with Crippen LogP contribution in [-0.2, 0) is 12.8 Å². The number of benzene rings is 1. The first-order valence-corrected chi connectivity index (χ1v) is 6.25. The summed E-state index contributed by atoms with van der Waals surface area (Å²) in [4.78, 5) is 8.61. The van der Waals surface area contributed by atoms with Gasteiger partial charge in [0.25, 0.3) is 0 Å². The minimum atomic E-state index is -0.241. The molecule has 94 valence electrons. The second-order valence-electron chi connectivity index (χ2n) is 4.12. The van der Waals surface area contributed by atoms with Gasteiger partial charge in [0.15, 0.2) is 0 Å². The monoisotopic (exact) mass is 264 g/mol. The van der Waals surface area contributed by atoms with Crippen LogP contribution in [0.4, 0.5) is 4.39 Å². The highest BCUT2D eigenvalue weighted by atomic mass is 35.5. The van der Waals surface area contributed by atoms with Crippen molar-refractivity contribution in [1.82, 2.24) is 9.97 Å². The van der Waals surface area contributed by atoms with Crippen LogP contribution in [0.2, 0.25) is 5.15 Å². The van der Waals surface area contributed by atoms with Gasteiger partial charge in [-0.2, -0.15) is 0 Å². The van der Waals surface area contributed by atoms with E-state index >= 15 is 0 Å². The van der Waals surface area contributed by atoms with Crippen molar-refractivity contribution in [2.24, 2.45) is 0 Å². The maximum absolute atomic E-state index is 13.5. The van der Waals surface area contributed by atoms with Crippen molar-refractivity contribution in [3.05, 3.63) is 57.9 Å². The topological polar surface area (TPSA) is 25.8 Å². The van der Waals surface area contributed by atoms with Gasteiger partial charge >= 0.3 is 0 Å². The number of nitrogens with zero attached hydrogens (tertiary/aromatic N) is 2. The van der Waals surface area contributed by atoms with E-state index in [1.165, 1.54) is 6.07 Å². The van der Waals surface area contributed by atoms with E-state index in [-0.39, 0.29) is 5.82 Å². The second kappa shape index (κ2) is 5.44. The Bertz CT molecular complexity index is 546. The third-order valence-electron chi connectivity index (χ3n) is 2.87. The fourth-order valence-electron chi connectivity index (χ4n) is 1.91. The van der Waals surface area contributed by atoms with Gasteiger partial charge in [0.1, 0.15) is 16.8 Å². The van der Waals surface area contributed by atoms with Gasteiger partial charge in [-0.25, -0.2) is 14.4 Å². The van der Waals surface area contributed by atoms with Gasteiger partial charge in [0.2, 0.25) is 0 Å². The maximum Gasteiger partial charge on any atom is 0.136 e. The van der Waals surface area contributed by atoms with Crippen molar-refractivity contribution in [3.8, 4) is 0 Å². The van der Waals surface area contributed by atoms with Gasteiger partial charge in [-0.1, -0.05) is 36.7 Å². The molecule has 0 saturated carbocycles. The first-order valence-electron chi connectivity index (χ1n) is 5.87. The summed E-state index contributed by atoms with van der Waals surface area (Å²) in [5.41, 5.74) is 2.40. The van der Waals surface area contributed by atoms with Crippen molar-refractivity contribution in [2.75, 3.05) is 0 Å². The van der Waals surface area contributed by atoms with Crippen LogP contribution in [-0.4, -0.2) is 9.97 Å². The Labute approximate surface area is 111 Å². The summed E-state index contributed by atoms with van der Waals surface area (Å²) in [7, 11) is 0. The molecule has 0 radical (unpaired) electrons. The number of aryl methyl sites for hydroxylation is 1. The van der Waals surface area contributed by atoms with Crippen LogP contribution < -0.4 is 0 Å². The summed E-state index contributed by atoms with van der Waals surface area (Å²) in [6.07, 6.45) is 1.15. The summed E-state index contributed by atoms with van der Waals surface area (Å²) in [5, 5.41) is 0.469. The van der Waals surface area contributed by atoms with E-state index < -0.39 is 0 Å². The molecule has 0 spiro atoms. The molecule has 2 nitrogen and oxygen atoms in total. The van der Waals surface area contributed by atoms with Crippen molar-refractivity contribution >= 4 is 11.6 Å². The lowest BCUT2D eigenvalue weighted by Crippen LogP contribution is -2.04. The van der Waals surface area contributed by atoms with Crippen LogP contribution in [0.25, 0.3) is 0 Å². The number of halogens is 2. The molecule has 1 heterocycles. The van der Waals surface area contributed by atoms with Gasteiger partial charge in [-0.05, 0) is 25.0 Å². The molecule has 0 N–H and O–H groups in total. The van der Waals surface area contributed by atoms with Crippen molar-refractivity contribution < 1.29 is 4.39 Å². The lowest BCUT2D eigenvalue weighted by Gasteiger charge is -2.08. The third kappa shape index (κ3) is 2.67. The number of aromatic nitrogens is 2. The Kier molecular flexibility index (Phi) is 3.92. The van der Waals surface area contributed by atoms with E-state index in [0.29, 0.717) is 23.0 Å². The van der Waals surface area contributed by atoms with E-state index in [4.69, 9.17) is 11.6 Å². The molecule has 0 atom stereocenters. The van der Waals surface area contributed by atoms with E-state index in [9.17, 15) is 4.39 Å². The summed E-state index contributed by atoms with van der Waals surface area (Å²) >= 11 is 6.10. The number of rotatable bonds is 3. The summed E-state index contributed by atoms with van der Waals surface area (Å²) in [5.74, 6) is 0.314. The molecule has 1 aromatic heterocycles. The van der Waals surface area contributed by atoms with Gasteiger partial charge in [0, 0.05) is 17.7 Å². The molecular formula is C14H14ClFN2. The average Bonchev–Trinajstić information content (AvgIpc) is 2.32. The van der Waals surface area contributed by atoms with Crippen LogP contribution >= 0.6 is 11.6 Å². The third-order valence-corrected chi connectivity index (χ3v) is 3.18. The molecule has 0 aliphatic rings. The highest BCUT2D eigenvalue weighted by Gasteiger charge is 2.10. The lowest BCUT2D eigenvalue weighted by atomic mass is 10.1. The average molecular weight is 265 g/mol. The molecule has 0 aliphatic carbocycles. The van der Waals surface area contributed by atoms with Crippen molar-refractivity contribution in [2.45, 2.75) is 26.7 Å². The van der Waals surface area contributed by atoms with E-state index in [2.05, 4.69) is 9.97 Å². The van der Waals surface area contributed by atoms with E-state index in [1.54, 1.807) is 18.2 Å². The highest BCUT2D eigenvalue weighted by molar-refractivity contribution is 6.30. The lowest BCUT2D eigenvalue weighted by molar-refractivity contribution is 0.612. The second-order valence-corrected chi connectivity index (χ2v) is 4.47. The number of hydrogen-bond acceptors (Lipinski definition) is 2. The van der Waals surface area contributed by atoms with Gasteiger partial charge in [-0.15, -0.1) is 0 Å². The molecule has 18 heavy (non-hydrogen) atoms. The Hall–Kier alpha value is -1.48. The van der Waals surface area contributed by atoms with Crippen LogP contribution in [0.5, 0.6) is 0 Å². The predicted molar refractivity (Wildman–Crippen MR) is 70.4 cm³/mol. The SMILES string of the molecule is CCc1c(C)nc(Cc2ccccc2F)nc1Cl. The summed E-state index contributed by atoms with van der Waals surface area (Å²) < 4.78 is 13.5. The minimum Gasteiger partial charge on any atom is -0.237 e. The fraction of sp³-hybridized carbons (Fsp3) is 0.286. The molecule has 4 heteroatoms. The first kappa shape index (κ1) is 13.0. The molecule has 2 aromatic rings. The van der Waals surface area contributed by atoms with Crippen LogP contribution in [0.3, 0.4) is 0 Å². The minimum absolute atomic E-state index is 0.241. The molecule has 0 fully saturated rings. The molecule has 2 rings (SSSR count). The molecule has 0 bridgehead atoms. The van der Waals surface area contributed by atoms with Gasteiger partial charge in [0.05, 0.1) is 0 Å². The normalized spacial score (nSPS) is 10.7. The van der Waals surface area contributed by atoms with Gasteiger partial charge < -0.3 is 0 Å². The molecule has 0 amide bonds. The zero-order chi connectivity index (χ0) is 13.1. The number of hydrogen-bond donors (Lipinski definition) is 0. The Morgan fingerprint density at radius 3 is 2.56 bits per heavy atom. The molecule has 0 unspecified atom stereocenters. The highest BCUT2D eigenvalue weighted by Crippen LogP contribution is 2.18. The predicted octanol–water partition coefficient (Wildman–Crippen LogP) is 3.73. The largest absolute Gasteiger partial charge is 0.237 e. The van der Waals surface area contributed by atoms with Gasteiger partial charge in [-0.3, -0.25) is 0 Å². The zero-order valence-electron chi connectivity index (χ0n) is 10.4. The van der Waals surface area contributed by atoms with E-state index in [1.807, 2.05) is 13.8 Å². The Morgan fingerprint density at radius 1 is 1.22 bits per heavy atom. The van der Waals surface area contributed by atoms with E-state index in [0.717, 1.165) is 17.7 Å². The maximum atomic E-state index is 13.5. The van der Waals surface area contributed by atoms with Crippen LogP contribution in [0.1, 0.15) is 29.6 Å². The summed E-state index contributed by atoms with van der Waals surface area (Å²) in [6.45, 7) is 3.91. The first-order chi connectivity index (χ1) is 8.61. The molecular weight excluding hydrogens is 251 g/mol. The van der Waals surface area contributed by atoms with Crippen LogP contribution in [0.15, 0.2) is 24.3 Å². The molecule has 0 aliphatic heterocycles. The summed E-state index contributed by atoms with van der Waals surface area (Å²) in [6, 6.07) is 6.63. The van der Waals surface area contributed by atoms with Crippen molar-refractivity contribution in [3.63, 3.8) is 0 Å². The van der Waals surface area contributed by atoms with Crippen LogP contribution in [0, 0.1) is 12.7 Å². The quantitative estimate of drug-likeness (QED) is 0.790. The fourth-order valence-corrected chi connectivity index (χ4v) is 2.28.